The highest BCUT2D eigenvalue weighted by molar-refractivity contribution is 5.99. The number of benzene rings is 1. The van der Waals surface area contributed by atoms with Gasteiger partial charge in [0.2, 0.25) is 0 Å². The first-order chi connectivity index (χ1) is 8.31. The number of aryl methyl sites for hydroxylation is 1. The van der Waals surface area contributed by atoms with Crippen molar-refractivity contribution in [2.45, 2.75) is 45.1 Å². The van der Waals surface area contributed by atoms with Crippen molar-refractivity contribution in [3.8, 4) is 0 Å². The molecule has 17 heavy (non-hydrogen) atoms. The quantitative estimate of drug-likeness (QED) is 0.744. The predicted octanol–water partition coefficient (Wildman–Crippen LogP) is 3.39. The summed E-state index contributed by atoms with van der Waals surface area (Å²) in [5.74, 6) is 0.155. The van der Waals surface area contributed by atoms with Gasteiger partial charge in [-0.1, -0.05) is 31.5 Å². The molecule has 0 spiro atoms. The molecular weight excluding hydrogens is 212 g/mol. The normalized spacial score (nSPS) is 20.2. The molecule has 1 heterocycles. The van der Waals surface area contributed by atoms with E-state index in [9.17, 15) is 4.79 Å². The van der Waals surface area contributed by atoms with Crippen molar-refractivity contribution in [2.24, 2.45) is 0 Å². The maximum Gasteiger partial charge on any atom is 0.191 e. The van der Waals surface area contributed by atoms with E-state index < -0.39 is 0 Å². The minimum Gasteiger partial charge on any atom is -0.370 e. The summed E-state index contributed by atoms with van der Waals surface area (Å²) in [6.07, 6.45) is 4.99. The fraction of sp³-hybridized carbons (Fsp3) is 0.533. The van der Waals surface area contributed by atoms with Gasteiger partial charge in [0.15, 0.2) is 5.78 Å². The Balaban J connectivity index is 2.09. The van der Waals surface area contributed by atoms with Gasteiger partial charge in [-0.3, -0.25) is 4.79 Å². The van der Waals surface area contributed by atoms with E-state index in [1.807, 2.05) is 18.2 Å². The smallest absolute Gasteiger partial charge is 0.191 e. The first-order valence-corrected chi connectivity index (χ1v) is 6.56. The first kappa shape index (κ1) is 12.3. The van der Waals surface area contributed by atoms with Crippen LogP contribution in [0.4, 0.5) is 0 Å². The van der Waals surface area contributed by atoms with Crippen LogP contribution in [-0.2, 0) is 11.2 Å². The summed E-state index contributed by atoms with van der Waals surface area (Å²) in [6, 6.07) is 7.98. The van der Waals surface area contributed by atoms with E-state index in [2.05, 4.69) is 13.0 Å². The topological polar surface area (TPSA) is 26.3 Å². The number of hydrogen-bond donors (Lipinski definition) is 0. The summed E-state index contributed by atoms with van der Waals surface area (Å²) in [6.45, 7) is 2.88. The van der Waals surface area contributed by atoms with Crippen molar-refractivity contribution in [1.82, 2.24) is 0 Å². The molecule has 0 radical (unpaired) electrons. The van der Waals surface area contributed by atoms with E-state index in [1.54, 1.807) is 0 Å². The van der Waals surface area contributed by atoms with E-state index in [0.29, 0.717) is 0 Å². The Hall–Kier alpha value is -1.15. The van der Waals surface area contributed by atoms with Gasteiger partial charge in [0.05, 0.1) is 0 Å². The minimum absolute atomic E-state index is 0.155. The van der Waals surface area contributed by atoms with Crippen LogP contribution < -0.4 is 0 Å². The van der Waals surface area contributed by atoms with E-state index in [-0.39, 0.29) is 11.9 Å². The van der Waals surface area contributed by atoms with Crippen LogP contribution in [0.5, 0.6) is 0 Å². The van der Waals surface area contributed by atoms with Crippen LogP contribution in [0.15, 0.2) is 24.3 Å². The summed E-state index contributed by atoms with van der Waals surface area (Å²) in [7, 11) is 0. The van der Waals surface area contributed by atoms with Crippen molar-refractivity contribution in [3.63, 3.8) is 0 Å². The van der Waals surface area contributed by atoms with E-state index >= 15 is 0 Å². The van der Waals surface area contributed by atoms with E-state index in [0.717, 1.165) is 44.3 Å². The van der Waals surface area contributed by atoms with Gasteiger partial charge in [-0.15, -0.1) is 0 Å². The summed E-state index contributed by atoms with van der Waals surface area (Å²) < 4.78 is 5.54. The van der Waals surface area contributed by atoms with Gasteiger partial charge in [0, 0.05) is 12.2 Å². The molecule has 2 heteroatoms. The van der Waals surface area contributed by atoms with Crippen molar-refractivity contribution in [1.29, 1.82) is 0 Å². The fourth-order valence-electron chi connectivity index (χ4n) is 2.30. The second kappa shape index (κ2) is 5.97. The molecule has 2 rings (SSSR count). The maximum absolute atomic E-state index is 12.2. The van der Waals surface area contributed by atoms with Crippen LogP contribution >= 0.6 is 0 Å². The Morgan fingerprint density at radius 2 is 2.29 bits per heavy atom. The number of Topliss-reactive ketones (excluding diaryl/α,β-unsaturated/α-hetero) is 1. The largest absolute Gasteiger partial charge is 0.370 e. The average molecular weight is 232 g/mol. The highest BCUT2D eigenvalue weighted by atomic mass is 16.5. The average Bonchev–Trinajstić information content (AvgIpc) is 2.40. The summed E-state index contributed by atoms with van der Waals surface area (Å²) in [5.41, 5.74) is 2.05. The van der Waals surface area contributed by atoms with Crippen LogP contribution in [0.1, 0.15) is 48.5 Å². The summed E-state index contributed by atoms with van der Waals surface area (Å²) in [5, 5.41) is 0. The number of hydrogen-bond acceptors (Lipinski definition) is 2. The van der Waals surface area contributed by atoms with Crippen LogP contribution in [0.3, 0.4) is 0 Å². The molecule has 2 nitrogen and oxygen atoms in total. The monoisotopic (exact) mass is 232 g/mol. The Bertz CT molecular complexity index is 378. The predicted molar refractivity (Wildman–Crippen MR) is 68.4 cm³/mol. The van der Waals surface area contributed by atoms with Crippen LogP contribution in [0.25, 0.3) is 0 Å². The highest BCUT2D eigenvalue weighted by Gasteiger charge is 2.23. The molecule has 1 fully saturated rings. The molecule has 0 N–H and O–H groups in total. The standard InChI is InChI=1S/C15H20O2/c1-2-6-12-7-5-8-13(11-12)15(16)14-9-3-4-10-17-14/h5,7-8,11,14H,2-4,6,9-10H2,1H3. The number of carbonyl (C=O) groups is 1. The van der Waals surface area contributed by atoms with Gasteiger partial charge in [-0.05, 0) is 37.3 Å². The van der Waals surface area contributed by atoms with E-state index in [1.165, 1.54) is 5.56 Å². The second-order valence-electron chi connectivity index (χ2n) is 4.67. The molecule has 92 valence electrons. The SMILES string of the molecule is CCCc1cccc(C(=O)C2CCCCO2)c1. The third kappa shape index (κ3) is 3.16. The molecule has 0 aromatic heterocycles. The third-order valence-corrected chi connectivity index (χ3v) is 3.22. The molecule has 0 saturated carbocycles. The maximum atomic E-state index is 12.2. The van der Waals surface area contributed by atoms with Gasteiger partial charge in [0.1, 0.15) is 6.10 Å². The highest BCUT2D eigenvalue weighted by Crippen LogP contribution is 2.18. The molecular formula is C15H20O2. The lowest BCUT2D eigenvalue weighted by atomic mass is 9.97. The zero-order valence-electron chi connectivity index (χ0n) is 10.4. The van der Waals surface area contributed by atoms with Gasteiger partial charge < -0.3 is 4.74 Å². The molecule has 1 aromatic carbocycles. The minimum atomic E-state index is -0.208. The van der Waals surface area contributed by atoms with Gasteiger partial charge in [-0.25, -0.2) is 0 Å². The molecule has 1 unspecified atom stereocenters. The van der Waals surface area contributed by atoms with Gasteiger partial charge >= 0.3 is 0 Å². The number of ether oxygens (including phenoxy) is 1. The molecule has 1 aromatic rings. The Morgan fingerprint density at radius 1 is 1.41 bits per heavy atom. The number of carbonyl (C=O) groups excluding carboxylic acids is 1. The van der Waals surface area contributed by atoms with E-state index in [4.69, 9.17) is 4.74 Å². The molecule has 1 saturated heterocycles. The molecule has 0 amide bonds. The molecule has 1 aliphatic heterocycles. The molecule has 1 atom stereocenters. The first-order valence-electron chi connectivity index (χ1n) is 6.56. The lowest BCUT2D eigenvalue weighted by Crippen LogP contribution is -2.28. The summed E-state index contributed by atoms with van der Waals surface area (Å²) in [4.78, 5) is 12.2. The Labute approximate surface area is 103 Å². The molecule has 0 aliphatic carbocycles. The number of rotatable bonds is 4. The molecule has 0 bridgehead atoms. The van der Waals surface area contributed by atoms with Gasteiger partial charge in [0.25, 0.3) is 0 Å². The second-order valence-corrected chi connectivity index (χ2v) is 4.67. The zero-order chi connectivity index (χ0) is 12.1. The number of ketones is 1. The van der Waals surface area contributed by atoms with Gasteiger partial charge in [-0.2, -0.15) is 0 Å². The van der Waals surface area contributed by atoms with Crippen molar-refractivity contribution in [2.75, 3.05) is 6.61 Å². The van der Waals surface area contributed by atoms with Crippen LogP contribution in [-0.4, -0.2) is 18.5 Å². The Morgan fingerprint density at radius 3 is 3.00 bits per heavy atom. The van der Waals surface area contributed by atoms with Crippen LogP contribution in [0.2, 0.25) is 0 Å². The van der Waals surface area contributed by atoms with Crippen molar-refractivity contribution >= 4 is 5.78 Å². The lowest BCUT2D eigenvalue weighted by Gasteiger charge is -2.21. The van der Waals surface area contributed by atoms with Crippen molar-refractivity contribution < 1.29 is 9.53 Å². The third-order valence-electron chi connectivity index (χ3n) is 3.22. The fourth-order valence-corrected chi connectivity index (χ4v) is 2.30. The summed E-state index contributed by atoms with van der Waals surface area (Å²) >= 11 is 0. The molecule has 1 aliphatic rings. The zero-order valence-corrected chi connectivity index (χ0v) is 10.4. The van der Waals surface area contributed by atoms with Crippen molar-refractivity contribution in [3.05, 3.63) is 35.4 Å². The Kier molecular flexibility index (Phi) is 4.32. The van der Waals surface area contributed by atoms with Crippen LogP contribution in [0, 0.1) is 0 Å². The lowest BCUT2D eigenvalue weighted by molar-refractivity contribution is 0.0186.